The summed E-state index contributed by atoms with van der Waals surface area (Å²) in [5.74, 6) is -8.77. The molecule has 12 heteroatoms. The van der Waals surface area contributed by atoms with Crippen LogP contribution in [0.1, 0.15) is 20.7 Å². The molecule has 128 valence electrons. The molecule has 2 amide bonds. The van der Waals surface area contributed by atoms with E-state index >= 15 is 0 Å². The smallest absolute Gasteiger partial charge is 0.331 e. The summed E-state index contributed by atoms with van der Waals surface area (Å²) in [5, 5.41) is 12.9. The number of halogens is 3. The third-order valence-corrected chi connectivity index (χ3v) is 3.49. The number of imide groups is 1. The fourth-order valence-corrected chi connectivity index (χ4v) is 2.44. The number of nitrogens with one attached hydrogen (secondary N) is 1. The predicted octanol–water partition coefficient (Wildman–Crippen LogP) is 0.629. The number of hydrogen-bond donors (Lipinski definition) is 2. The second-order valence-corrected chi connectivity index (χ2v) is 4.89. The minimum Gasteiger partial charge on any atom is -0.384 e. The number of nitro groups is 1. The van der Waals surface area contributed by atoms with E-state index in [4.69, 9.17) is 5.73 Å². The van der Waals surface area contributed by atoms with Crippen LogP contribution < -0.4 is 16.6 Å². The number of aromatic nitrogens is 1. The molecular weight excluding hydrogens is 349 g/mol. The fraction of sp³-hybridized carbons (Fsp3) is 0. The number of carbonyl (C=O) groups excluding carboxylic acids is 2. The van der Waals surface area contributed by atoms with Gasteiger partial charge in [0.05, 0.1) is 16.1 Å². The third kappa shape index (κ3) is 2.14. The summed E-state index contributed by atoms with van der Waals surface area (Å²) in [5.41, 5.74) is 0.953. The van der Waals surface area contributed by atoms with Gasteiger partial charge in [0.1, 0.15) is 11.5 Å². The molecule has 1 aromatic heterocycles. The van der Waals surface area contributed by atoms with Gasteiger partial charge in [-0.25, -0.2) is 8.78 Å². The van der Waals surface area contributed by atoms with Crippen LogP contribution >= 0.6 is 0 Å². The van der Waals surface area contributed by atoms with Crippen LogP contribution in [0.2, 0.25) is 0 Å². The van der Waals surface area contributed by atoms with Gasteiger partial charge in [-0.3, -0.25) is 34.4 Å². The molecule has 1 aliphatic heterocycles. The zero-order valence-corrected chi connectivity index (χ0v) is 11.8. The van der Waals surface area contributed by atoms with Gasteiger partial charge < -0.3 is 5.73 Å². The number of fused-ring (bicyclic) bond motifs is 1. The van der Waals surface area contributed by atoms with Gasteiger partial charge in [0, 0.05) is 12.1 Å². The lowest BCUT2D eigenvalue weighted by Crippen LogP contribution is -2.25. The van der Waals surface area contributed by atoms with Crippen molar-refractivity contribution in [1.82, 2.24) is 9.88 Å². The summed E-state index contributed by atoms with van der Waals surface area (Å²) in [7, 11) is 0. The summed E-state index contributed by atoms with van der Waals surface area (Å²) in [6.07, 6.45) is 0. The number of hydrogen-bond acceptors (Lipinski definition) is 6. The first kappa shape index (κ1) is 16.2. The van der Waals surface area contributed by atoms with Crippen molar-refractivity contribution in [3.05, 3.63) is 61.2 Å². The van der Waals surface area contributed by atoms with E-state index in [2.05, 4.69) is 0 Å². The van der Waals surface area contributed by atoms with E-state index in [-0.39, 0.29) is 10.6 Å². The SMILES string of the molecule is Nc1c2c(cc(=O)n1-c1cc(F)c(F)c(F)c1[N+](=O)[O-])C(=O)NC2=O. The van der Waals surface area contributed by atoms with Crippen molar-refractivity contribution < 1.29 is 27.7 Å². The molecule has 1 aromatic carbocycles. The zero-order valence-electron chi connectivity index (χ0n) is 11.8. The average molecular weight is 354 g/mol. The van der Waals surface area contributed by atoms with E-state index in [0.717, 1.165) is 0 Å². The number of nitro benzene ring substituents is 1. The molecule has 2 aromatic rings. The molecule has 1 aliphatic rings. The molecule has 0 bridgehead atoms. The number of nitrogen functional groups attached to an aromatic ring is 1. The number of carbonyl (C=O) groups is 2. The molecule has 0 spiro atoms. The first-order valence-corrected chi connectivity index (χ1v) is 6.38. The maximum Gasteiger partial charge on any atom is 0.331 e. The normalized spacial score (nSPS) is 12.9. The van der Waals surface area contributed by atoms with Crippen LogP contribution in [0, 0.1) is 27.6 Å². The molecule has 0 saturated carbocycles. The second kappa shape index (κ2) is 5.15. The number of nitrogens with two attached hydrogens (primary N) is 1. The van der Waals surface area contributed by atoms with Gasteiger partial charge in [-0.05, 0) is 0 Å². The minimum atomic E-state index is -2.15. The number of nitrogens with zero attached hydrogens (tertiary/aromatic N) is 2. The van der Waals surface area contributed by atoms with E-state index in [1.165, 1.54) is 0 Å². The van der Waals surface area contributed by atoms with Gasteiger partial charge in [0.25, 0.3) is 17.4 Å². The van der Waals surface area contributed by atoms with E-state index < -0.39 is 68.1 Å². The maximum atomic E-state index is 13.8. The average Bonchev–Trinajstić information content (AvgIpc) is 2.79. The summed E-state index contributed by atoms with van der Waals surface area (Å²) < 4.78 is 40.9. The number of pyridine rings is 1. The Bertz CT molecular complexity index is 1060. The van der Waals surface area contributed by atoms with Crippen LogP contribution in [0.15, 0.2) is 16.9 Å². The van der Waals surface area contributed by atoms with Crippen LogP contribution in [0.25, 0.3) is 5.69 Å². The highest BCUT2D eigenvalue weighted by Crippen LogP contribution is 2.32. The van der Waals surface area contributed by atoms with E-state index in [9.17, 15) is 37.7 Å². The van der Waals surface area contributed by atoms with E-state index in [0.29, 0.717) is 6.07 Å². The van der Waals surface area contributed by atoms with Gasteiger partial charge in [0.2, 0.25) is 11.6 Å². The Labute approximate surface area is 134 Å². The van der Waals surface area contributed by atoms with Crippen LogP contribution in [0.4, 0.5) is 24.7 Å². The summed E-state index contributed by atoms with van der Waals surface area (Å²) >= 11 is 0. The number of anilines is 1. The Morgan fingerprint density at radius 3 is 2.32 bits per heavy atom. The van der Waals surface area contributed by atoms with E-state index in [1.54, 1.807) is 0 Å². The highest BCUT2D eigenvalue weighted by atomic mass is 19.2. The Morgan fingerprint density at radius 1 is 1.08 bits per heavy atom. The van der Waals surface area contributed by atoms with Crippen molar-refractivity contribution in [1.29, 1.82) is 0 Å². The molecule has 9 nitrogen and oxygen atoms in total. The summed E-state index contributed by atoms with van der Waals surface area (Å²) in [4.78, 5) is 45.1. The summed E-state index contributed by atoms with van der Waals surface area (Å²) in [6, 6.07) is 0.810. The van der Waals surface area contributed by atoms with Crippen molar-refractivity contribution in [2.24, 2.45) is 0 Å². The van der Waals surface area contributed by atoms with Crippen molar-refractivity contribution >= 4 is 23.3 Å². The first-order chi connectivity index (χ1) is 11.6. The maximum absolute atomic E-state index is 13.8. The largest absolute Gasteiger partial charge is 0.384 e. The van der Waals surface area contributed by atoms with Crippen molar-refractivity contribution in [2.75, 3.05) is 5.73 Å². The van der Waals surface area contributed by atoms with Crippen LogP contribution in [-0.2, 0) is 0 Å². The molecule has 0 unspecified atom stereocenters. The van der Waals surface area contributed by atoms with Crippen molar-refractivity contribution in [3.8, 4) is 5.69 Å². The Kier molecular flexibility index (Phi) is 3.33. The lowest BCUT2D eigenvalue weighted by molar-refractivity contribution is -0.387. The molecular formula is C13H5F3N4O5. The van der Waals surface area contributed by atoms with Crippen LogP contribution in [-0.4, -0.2) is 21.3 Å². The van der Waals surface area contributed by atoms with Crippen LogP contribution in [0.3, 0.4) is 0 Å². The standard InChI is InChI=1S/C13H5F3N4O5/c14-4-2-5(10(20(24)25)9(16)8(4)15)19-6(21)1-3-7(11(19)17)13(23)18-12(3)22/h1-2H,17H2,(H,18,22,23). The quantitative estimate of drug-likeness (QED) is 0.351. The minimum absolute atomic E-state index is 0.190. The lowest BCUT2D eigenvalue weighted by Gasteiger charge is -2.12. The number of benzene rings is 1. The van der Waals surface area contributed by atoms with Crippen molar-refractivity contribution in [2.45, 2.75) is 0 Å². The third-order valence-electron chi connectivity index (χ3n) is 3.49. The highest BCUT2D eigenvalue weighted by molar-refractivity contribution is 6.23. The van der Waals surface area contributed by atoms with Gasteiger partial charge in [0.15, 0.2) is 5.82 Å². The van der Waals surface area contributed by atoms with E-state index in [1.807, 2.05) is 5.32 Å². The molecule has 25 heavy (non-hydrogen) atoms. The number of amides is 2. The molecule has 3 N–H and O–H groups in total. The topological polar surface area (TPSA) is 137 Å². The lowest BCUT2D eigenvalue weighted by atomic mass is 10.1. The molecule has 0 saturated heterocycles. The molecule has 0 aliphatic carbocycles. The fourth-order valence-electron chi connectivity index (χ4n) is 2.44. The van der Waals surface area contributed by atoms with Gasteiger partial charge >= 0.3 is 5.69 Å². The molecule has 0 atom stereocenters. The van der Waals surface area contributed by atoms with Crippen molar-refractivity contribution in [3.63, 3.8) is 0 Å². The number of rotatable bonds is 2. The first-order valence-electron chi connectivity index (χ1n) is 6.38. The molecule has 3 rings (SSSR count). The Balaban J connectivity index is 2.46. The second-order valence-electron chi connectivity index (χ2n) is 4.89. The van der Waals surface area contributed by atoms with Crippen LogP contribution in [0.5, 0.6) is 0 Å². The van der Waals surface area contributed by atoms with Gasteiger partial charge in [-0.1, -0.05) is 0 Å². The Hall–Kier alpha value is -3.70. The molecule has 0 fully saturated rings. The zero-order chi connectivity index (χ0) is 18.6. The monoisotopic (exact) mass is 354 g/mol. The molecule has 2 heterocycles. The predicted molar refractivity (Wildman–Crippen MR) is 74.8 cm³/mol. The summed E-state index contributed by atoms with van der Waals surface area (Å²) in [6.45, 7) is 0. The van der Waals surface area contributed by atoms with Gasteiger partial charge in [-0.15, -0.1) is 0 Å². The van der Waals surface area contributed by atoms with Gasteiger partial charge in [-0.2, -0.15) is 4.39 Å². The highest BCUT2D eigenvalue weighted by Gasteiger charge is 2.35. The Morgan fingerprint density at radius 2 is 1.72 bits per heavy atom. The molecule has 0 radical (unpaired) electrons.